The highest BCUT2D eigenvalue weighted by molar-refractivity contribution is 6.29. The largest absolute Gasteiger partial charge is 0.392 e. The van der Waals surface area contributed by atoms with E-state index in [9.17, 15) is 13.9 Å². The number of aromatic nitrogens is 2. The van der Waals surface area contributed by atoms with Gasteiger partial charge in [-0.05, 0) is 24.6 Å². The number of nitrogens with zero attached hydrogens (tertiary/aromatic N) is 3. The molecule has 1 saturated heterocycles. The first kappa shape index (κ1) is 15.4. The second-order valence-corrected chi connectivity index (χ2v) is 5.94. The second kappa shape index (κ2) is 5.95. The van der Waals surface area contributed by atoms with Crippen molar-refractivity contribution >= 4 is 11.6 Å². The van der Waals surface area contributed by atoms with Gasteiger partial charge in [0.2, 0.25) is 0 Å². The Morgan fingerprint density at radius 3 is 2.86 bits per heavy atom. The first-order chi connectivity index (χ1) is 10.5. The summed E-state index contributed by atoms with van der Waals surface area (Å²) in [7, 11) is 1.79. The summed E-state index contributed by atoms with van der Waals surface area (Å²) in [6, 6.07) is 3.01. The third-order valence-electron chi connectivity index (χ3n) is 4.07. The molecular weight excluding hydrogens is 312 g/mol. The fourth-order valence-electron chi connectivity index (χ4n) is 2.90. The molecule has 1 aromatic heterocycles. The zero-order valence-electron chi connectivity index (χ0n) is 12.0. The molecule has 1 aliphatic heterocycles. The zero-order chi connectivity index (χ0) is 15.9. The molecule has 1 fully saturated rings. The van der Waals surface area contributed by atoms with Crippen molar-refractivity contribution in [3.63, 3.8) is 0 Å². The van der Waals surface area contributed by atoms with Gasteiger partial charge in [-0.15, -0.1) is 0 Å². The molecule has 1 aliphatic rings. The normalized spacial score (nSPS) is 22.4. The van der Waals surface area contributed by atoms with Crippen LogP contribution in [-0.2, 0) is 13.6 Å². The van der Waals surface area contributed by atoms with Crippen LogP contribution in [-0.4, -0.2) is 32.2 Å². The number of aliphatic hydroxyl groups is 1. The highest BCUT2D eigenvalue weighted by Crippen LogP contribution is 2.35. The van der Waals surface area contributed by atoms with Crippen molar-refractivity contribution in [1.29, 1.82) is 0 Å². The molecule has 7 heteroatoms. The van der Waals surface area contributed by atoms with Crippen LogP contribution in [0, 0.1) is 11.6 Å². The number of halogens is 3. The molecule has 0 radical (unpaired) electrons. The molecular formula is C15H16ClF2N3O. The summed E-state index contributed by atoms with van der Waals surface area (Å²) < 4.78 is 29.2. The van der Waals surface area contributed by atoms with E-state index < -0.39 is 17.7 Å². The van der Waals surface area contributed by atoms with Gasteiger partial charge in [0.1, 0.15) is 22.6 Å². The fraction of sp³-hybridized carbons (Fsp3) is 0.400. The Morgan fingerprint density at radius 1 is 1.41 bits per heavy atom. The van der Waals surface area contributed by atoms with Crippen molar-refractivity contribution < 1.29 is 13.9 Å². The minimum absolute atomic E-state index is 0.261. The summed E-state index contributed by atoms with van der Waals surface area (Å²) in [5.41, 5.74) is 0.261. The number of β-amino-alcohol motifs (C(OH)–C–C–N with tert-alkyl or cyclic N) is 1. The summed E-state index contributed by atoms with van der Waals surface area (Å²) in [6.07, 6.45) is 1.32. The van der Waals surface area contributed by atoms with Crippen LogP contribution >= 0.6 is 11.6 Å². The van der Waals surface area contributed by atoms with Gasteiger partial charge in [0, 0.05) is 25.2 Å². The van der Waals surface area contributed by atoms with Gasteiger partial charge in [0.25, 0.3) is 0 Å². The van der Waals surface area contributed by atoms with Crippen LogP contribution in [0.5, 0.6) is 0 Å². The van der Waals surface area contributed by atoms with Crippen LogP contribution in [0.4, 0.5) is 8.78 Å². The van der Waals surface area contributed by atoms with E-state index in [0.29, 0.717) is 30.5 Å². The predicted molar refractivity (Wildman–Crippen MR) is 78.4 cm³/mol. The average Bonchev–Trinajstić information content (AvgIpc) is 2.99. The van der Waals surface area contributed by atoms with Gasteiger partial charge >= 0.3 is 0 Å². The lowest BCUT2D eigenvalue weighted by Gasteiger charge is -2.24. The summed E-state index contributed by atoms with van der Waals surface area (Å²) in [6.45, 7) is 0.784. The summed E-state index contributed by atoms with van der Waals surface area (Å²) in [5.74, 6) is -0.248. The number of rotatable bonds is 3. The van der Waals surface area contributed by atoms with E-state index in [1.807, 2.05) is 4.90 Å². The average molecular weight is 328 g/mol. The molecule has 0 saturated carbocycles. The first-order valence-electron chi connectivity index (χ1n) is 6.99. The quantitative estimate of drug-likeness (QED) is 0.942. The lowest BCUT2D eigenvalue weighted by Crippen LogP contribution is -2.26. The second-order valence-electron chi connectivity index (χ2n) is 5.56. The molecule has 4 nitrogen and oxygen atoms in total. The van der Waals surface area contributed by atoms with Crippen LogP contribution in [0.25, 0.3) is 0 Å². The molecule has 3 rings (SSSR count). The number of aliphatic hydroxyl groups excluding tert-OH is 1. The Balaban J connectivity index is 1.89. The highest BCUT2D eigenvalue weighted by Gasteiger charge is 2.34. The lowest BCUT2D eigenvalue weighted by atomic mass is 10.0. The van der Waals surface area contributed by atoms with Crippen molar-refractivity contribution in [3.05, 3.63) is 52.6 Å². The van der Waals surface area contributed by atoms with Gasteiger partial charge in [0.05, 0.1) is 18.8 Å². The van der Waals surface area contributed by atoms with Gasteiger partial charge in [0.15, 0.2) is 0 Å². The number of benzene rings is 1. The molecule has 0 amide bonds. The number of hydrogen-bond donors (Lipinski definition) is 1. The van der Waals surface area contributed by atoms with Crippen molar-refractivity contribution in [2.45, 2.75) is 25.1 Å². The monoisotopic (exact) mass is 327 g/mol. The van der Waals surface area contributed by atoms with Gasteiger partial charge in [-0.25, -0.2) is 13.8 Å². The van der Waals surface area contributed by atoms with Crippen LogP contribution in [0.1, 0.15) is 23.9 Å². The number of imidazole rings is 1. The molecule has 0 aliphatic carbocycles. The number of hydrogen-bond acceptors (Lipinski definition) is 3. The maximum atomic E-state index is 14.0. The number of likely N-dealkylation sites (tertiary alicyclic amines) is 1. The van der Waals surface area contributed by atoms with E-state index in [2.05, 4.69) is 4.98 Å². The van der Waals surface area contributed by atoms with Crippen LogP contribution in [0.2, 0.25) is 5.15 Å². The SMILES string of the molecule is Cn1c(Cl)cnc1CN1C[C@@H](O)C[C@H]1c1cc(F)ccc1F. The molecule has 0 spiro atoms. The van der Waals surface area contributed by atoms with E-state index in [1.165, 1.54) is 6.07 Å². The molecule has 1 aromatic carbocycles. The van der Waals surface area contributed by atoms with Crippen molar-refractivity contribution in [2.75, 3.05) is 6.54 Å². The fourth-order valence-corrected chi connectivity index (χ4v) is 3.05. The van der Waals surface area contributed by atoms with Crippen molar-refractivity contribution in [2.24, 2.45) is 7.05 Å². The third-order valence-corrected chi connectivity index (χ3v) is 4.42. The third kappa shape index (κ3) is 2.86. The smallest absolute Gasteiger partial charge is 0.128 e. The van der Waals surface area contributed by atoms with E-state index in [0.717, 1.165) is 12.1 Å². The molecule has 22 heavy (non-hydrogen) atoms. The highest BCUT2D eigenvalue weighted by atomic mass is 35.5. The van der Waals surface area contributed by atoms with Crippen LogP contribution in [0.3, 0.4) is 0 Å². The zero-order valence-corrected chi connectivity index (χ0v) is 12.8. The van der Waals surface area contributed by atoms with E-state index in [1.54, 1.807) is 17.8 Å². The summed E-state index contributed by atoms with van der Waals surface area (Å²) >= 11 is 5.97. The summed E-state index contributed by atoms with van der Waals surface area (Å²) in [4.78, 5) is 6.10. The molecule has 2 heterocycles. The predicted octanol–water partition coefficient (Wildman–Crippen LogP) is 2.66. The molecule has 2 aromatic rings. The Hall–Kier alpha value is -1.50. The Labute approximate surface area is 131 Å². The molecule has 0 bridgehead atoms. The van der Waals surface area contributed by atoms with Crippen LogP contribution in [0.15, 0.2) is 24.4 Å². The Morgan fingerprint density at radius 2 is 2.18 bits per heavy atom. The van der Waals surface area contributed by atoms with E-state index >= 15 is 0 Å². The topological polar surface area (TPSA) is 41.3 Å². The molecule has 1 N–H and O–H groups in total. The standard InChI is InChI=1S/C15H16ClF2N3O/c1-20-14(16)6-19-15(20)8-21-7-10(22)5-13(21)11-4-9(17)2-3-12(11)18/h2-4,6,10,13,22H,5,7-8H2,1H3/t10-,13-/m0/s1. The van der Waals surface area contributed by atoms with Gasteiger partial charge in [-0.2, -0.15) is 0 Å². The minimum Gasteiger partial charge on any atom is -0.392 e. The Bertz CT molecular complexity index is 691. The maximum absolute atomic E-state index is 14.0. The maximum Gasteiger partial charge on any atom is 0.128 e. The van der Waals surface area contributed by atoms with Crippen LogP contribution < -0.4 is 0 Å². The van der Waals surface area contributed by atoms with Crippen molar-refractivity contribution in [3.8, 4) is 0 Å². The Kier molecular flexibility index (Phi) is 4.16. The molecule has 2 atom stereocenters. The molecule has 118 valence electrons. The van der Waals surface area contributed by atoms with Gasteiger partial charge in [-0.1, -0.05) is 11.6 Å². The van der Waals surface area contributed by atoms with Gasteiger partial charge in [-0.3, -0.25) is 4.90 Å². The summed E-state index contributed by atoms with van der Waals surface area (Å²) in [5, 5.41) is 10.4. The molecule has 0 unspecified atom stereocenters. The van der Waals surface area contributed by atoms with Gasteiger partial charge < -0.3 is 9.67 Å². The van der Waals surface area contributed by atoms with E-state index in [-0.39, 0.29) is 11.6 Å². The lowest BCUT2D eigenvalue weighted by molar-refractivity contribution is 0.170. The minimum atomic E-state index is -0.580. The first-order valence-corrected chi connectivity index (χ1v) is 7.36. The van der Waals surface area contributed by atoms with Crippen molar-refractivity contribution in [1.82, 2.24) is 14.5 Å². The van der Waals surface area contributed by atoms with E-state index in [4.69, 9.17) is 11.6 Å².